The van der Waals surface area contributed by atoms with Gasteiger partial charge in [0.15, 0.2) is 0 Å². The van der Waals surface area contributed by atoms with Crippen molar-refractivity contribution in [1.29, 1.82) is 0 Å². The minimum Gasteiger partial charge on any atom is -0.496 e. The molecule has 6 nitrogen and oxygen atoms in total. The molecule has 0 saturated carbocycles. The predicted molar refractivity (Wildman–Crippen MR) is 104 cm³/mol. The number of urea groups is 1. The van der Waals surface area contributed by atoms with Crippen molar-refractivity contribution in [3.05, 3.63) is 52.0 Å². The molecule has 0 fully saturated rings. The van der Waals surface area contributed by atoms with Crippen LogP contribution in [-0.2, 0) is 13.1 Å². The van der Waals surface area contributed by atoms with Crippen LogP contribution in [0.3, 0.4) is 0 Å². The standard InChI is InChI=1S/C19H23BrN2O4/c1-22(12-13-5-7-14(20)8-6-13)19(23)21-11-16-17(25-3)9-15(24-2)10-18(16)26-4/h5-10H,11-12H2,1-4H3,(H,21,23). The third-order valence-electron chi connectivity index (χ3n) is 3.91. The number of ether oxygens (including phenoxy) is 3. The second kappa shape index (κ2) is 9.33. The average molecular weight is 423 g/mol. The maximum absolute atomic E-state index is 12.4. The van der Waals surface area contributed by atoms with Crippen molar-refractivity contribution < 1.29 is 19.0 Å². The molecule has 2 aromatic carbocycles. The Morgan fingerprint density at radius 2 is 1.62 bits per heavy atom. The number of carbonyl (C=O) groups excluding carboxylic acids is 1. The van der Waals surface area contributed by atoms with Gasteiger partial charge >= 0.3 is 6.03 Å². The summed E-state index contributed by atoms with van der Waals surface area (Å²) in [6.45, 7) is 0.788. The number of hydrogen-bond acceptors (Lipinski definition) is 4. The van der Waals surface area contributed by atoms with Crippen molar-refractivity contribution >= 4 is 22.0 Å². The number of benzene rings is 2. The topological polar surface area (TPSA) is 60.0 Å². The van der Waals surface area contributed by atoms with E-state index in [4.69, 9.17) is 14.2 Å². The Bertz CT molecular complexity index is 725. The molecular formula is C19H23BrN2O4. The number of hydrogen-bond donors (Lipinski definition) is 1. The number of nitrogens with one attached hydrogen (secondary N) is 1. The molecule has 0 aliphatic carbocycles. The van der Waals surface area contributed by atoms with Gasteiger partial charge in [-0.3, -0.25) is 0 Å². The van der Waals surface area contributed by atoms with E-state index >= 15 is 0 Å². The smallest absolute Gasteiger partial charge is 0.317 e. The van der Waals surface area contributed by atoms with Gasteiger partial charge in [0, 0.05) is 30.2 Å². The van der Waals surface area contributed by atoms with Crippen LogP contribution in [0.1, 0.15) is 11.1 Å². The van der Waals surface area contributed by atoms with E-state index in [-0.39, 0.29) is 12.6 Å². The molecule has 2 amide bonds. The first-order chi connectivity index (χ1) is 12.5. The van der Waals surface area contributed by atoms with E-state index in [1.807, 2.05) is 24.3 Å². The van der Waals surface area contributed by atoms with Gasteiger partial charge in [-0.1, -0.05) is 28.1 Å². The summed E-state index contributed by atoms with van der Waals surface area (Å²) in [6.07, 6.45) is 0. The highest BCUT2D eigenvalue weighted by Gasteiger charge is 2.16. The van der Waals surface area contributed by atoms with E-state index in [1.165, 1.54) is 0 Å². The molecule has 7 heteroatoms. The summed E-state index contributed by atoms with van der Waals surface area (Å²) in [7, 11) is 6.46. The Labute approximate surface area is 162 Å². The lowest BCUT2D eigenvalue weighted by atomic mass is 10.1. The van der Waals surface area contributed by atoms with Crippen molar-refractivity contribution in [2.24, 2.45) is 0 Å². The highest BCUT2D eigenvalue weighted by atomic mass is 79.9. The Balaban J connectivity index is 2.05. The van der Waals surface area contributed by atoms with E-state index in [0.29, 0.717) is 23.8 Å². The van der Waals surface area contributed by atoms with E-state index in [0.717, 1.165) is 15.6 Å². The van der Waals surface area contributed by atoms with Crippen molar-refractivity contribution in [3.63, 3.8) is 0 Å². The zero-order valence-corrected chi connectivity index (χ0v) is 16.9. The van der Waals surface area contributed by atoms with Gasteiger partial charge in [0.05, 0.1) is 33.4 Å². The SMILES string of the molecule is COc1cc(OC)c(CNC(=O)N(C)Cc2ccc(Br)cc2)c(OC)c1. The van der Waals surface area contributed by atoms with Crippen LogP contribution in [0.2, 0.25) is 0 Å². The summed E-state index contributed by atoms with van der Waals surface area (Å²) in [6, 6.07) is 11.2. The van der Waals surface area contributed by atoms with E-state index in [2.05, 4.69) is 21.2 Å². The third kappa shape index (κ3) is 5.05. The van der Waals surface area contributed by atoms with Gasteiger partial charge < -0.3 is 24.4 Å². The summed E-state index contributed by atoms with van der Waals surface area (Å²) >= 11 is 3.40. The molecule has 2 aromatic rings. The normalized spacial score (nSPS) is 10.2. The minimum atomic E-state index is -0.187. The zero-order valence-electron chi connectivity index (χ0n) is 15.3. The van der Waals surface area contributed by atoms with Crippen molar-refractivity contribution in [1.82, 2.24) is 10.2 Å². The second-order valence-electron chi connectivity index (χ2n) is 5.65. The molecule has 0 aromatic heterocycles. The highest BCUT2D eigenvalue weighted by Crippen LogP contribution is 2.33. The van der Waals surface area contributed by atoms with Gasteiger partial charge in [0.25, 0.3) is 0 Å². The fourth-order valence-electron chi connectivity index (χ4n) is 2.49. The molecule has 0 spiro atoms. The molecule has 0 unspecified atom stereocenters. The van der Waals surface area contributed by atoms with Crippen LogP contribution < -0.4 is 19.5 Å². The molecule has 0 aliphatic rings. The van der Waals surface area contributed by atoms with Gasteiger partial charge in [-0.15, -0.1) is 0 Å². The van der Waals surface area contributed by atoms with Gasteiger partial charge in [0.2, 0.25) is 0 Å². The number of nitrogens with zero attached hydrogens (tertiary/aromatic N) is 1. The molecule has 0 bridgehead atoms. The average Bonchev–Trinajstić information content (AvgIpc) is 2.66. The lowest BCUT2D eigenvalue weighted by Crippen LogP contribution is -2.36. The van der Waals surface area contributed by atoms with Crippen LogP contribution in [0.15, 0.2) is 40.9 Å². The Hall–Kier alpha value is -2.41. The molecule has 26 heavy (non-hydrogen) atoms. The molecule has 0 saturated heterocycles. The Morgan fingerprint density at radius 3 is 2.12 bits per heavy atom. The van der Waals surface area contributed by atoms with Crippen molar-refractivity contribution in [2.75, 3.05) is 28.4 Å². The maximum atomic E-state index is 12.4. The molecule has 2 rings (SSSR count). The molecule has 0 radical (unpaired) electrons. The maximum Gasteiger partial charge on any atom is 0.317 e. The summed E-state index contributed by atoms with van der Waals surface area (Å²) in [5, 5.41) is 2.89. The zero-order chi connectivity index (χ0) is 19.1. The van der Waals surface area contributed by atoms with Crippen LogP contribution in [0.25, 0.3) is 0 Å². The Kier molecular flexibility index (Phi) is 7.15. The van der Waals surface area contributed by atoms with E-state index in [1.54, 1.807) is 45.4 Å². The highest BCUT2D eigenvalue weighted by molar-refractivity contribution is 9.10. The van der Waals surface area contributed by atoms with Crippen molar-refractivity contribution in [3.8, 4) is 17.2 Å². The number of rotatable bonds is 7. The number of amides is 2. The summed E-state index contributed by atoms with van der Waals surface area (Å²) in [4.78, 5) is 14.0. The van der Waals surface area contributed by atoms with Crippen LogP contribution in [0, 0.1) is 0 Å². The number of carbonyl (C=O) groups is 1. The first-order valence-corrected chi connectivity index (χ1v) is 8.80. The summed E-state index contributed by atoms with van der Waals surface area (Å²) in [5.41, 5.74) is 1.80. The third-order valence-corrected chi connectivity index (χ3v) is 4.44. The molecular weight excluding hydrogens is 400 g/mol. The van der Waals surface area contributed by atoms with Gasteiger partial charge in [-0.25, -0.2) is 4.79 Å². The number of halogens is 1. The molecule has 1 N–H and O–H groups in total. The fourth-order valence-corrected chi connectivity index (χ4v) is 2.75. The summed E-state index contributed by atoms with van der Waals surface area (Å²) < 4.78 is 17.0. The van der Waals surface area contributed by atoms with Crippen LogP contribution in [0.4, 0.5) is 4.79 Å². The van der Waals surface area contributed by atoms with E-state index < -0.39 is 0 Å². The molecule has 0 aliphatic heterocycles. The minimum absolute atomic E-state index is 0.187. The van der Waals surface area contributed by atoms with Crippen LogP contribution in [0.5, 0.6) is 17.2 Å². The lowest BCUT2D eigenvalue weighted by molar-refractivity contribution is 0.206. The fraction of sp³-hybridized carbons (Fsp3) is 0.316. The lowest BCUT2D eigenvalue weighted by Gasteiger charge is -2.20. The molecule has 0 heterocycles. The quantitative estimate of drug-likeness (QED) is 0.736. The van der Waals surface area contributed by atoms with Gasteiger partial charge in [-0.2, -0.15) is 0 Å². The number of methoxy groups -OCH3 is 3. The van der Waals surface area contributed by atoms with Crippen LogP contribution in [-0.4, -0.2) is 39.3 Å². The summed E-state index contributed by atoms with van der Waals surface area (Å²) in [5.74, 6) is 1.82. The predicted octanol–water partition coefficient (Wildman–Crippen LogP) is 3.82. The van der Waals surface area contributed by atoms with Gasteiger partial charge in [0.1, 0.15) is 17.2 Å². The monoisotopic (exact) mass is 422 g/mol. The molecule has 140 valence electrons. The van der Waals surface area contributed by atoms with Crippen LogP contribution >= 0.6 is 15.9 Å². The first kappa shape index (κ1) is 19.9. The van der Waals surface area contributed by atoms with Gasteiger partial charge in [-0.05, 0) is 17.7 Å². The largest absolute Gasteiger partial charge is 0.496 e. The van der Waals surface area contributed by atoms with Crippen molar-refractivity contribution in [2.45, 2.75) is 13.1 Å². The first-order valence-electron chi connectivity index (χ1n) is 8.00. The second-order valence-corrected chi connectivity index (χ2v) is 6.57. The van der Waals surface area contributed by atoms with E-state index in [9.17, 15) is 4.79 Å². The Morgan fingerprint density at radius 1 is 1.04 bits per heavy atom. The molecule has 0 atom stereocenters.